The van der Waals surface area contributed by atoms with Crippen molar-refractivity contribution in [3.63, 3.8) is 0 Å². The highest BCUT2D eigenvalue weighted by molar-refractivity contribution is 5.95. The molecule has 1 aliphatic heterocycles. The van der Waals surface area contributed by atoms with Crippen LogP contribution in [0.5, 0.6) is 11.5 Å². The van der Waals surface area contributed by atoms with Gasteiger partial charge in [-0.3, -0.25) is 9.69 Å². The molecule has 0 unspecified atom stereocenters. The van der Waals surface area contributed by atoms with Gasteiger partial charge in [-0.1, -0.05) is 32.0 Å². The maximum absolute atomic E-state index is 13.0. The number of carbonyl (C=O) groups excluding carboxylic acids is 1. The van der Waals surface area contributed by atoms with Gasteiger partial charge in [0.25, 0.3) is 0 Å². The molecular weight excluding hydrogens is 364 g/mol. The lowest BCUT2D eigenvalue weighted by atomic mass is 9.99. The Morgan fingerprint density at radius 2 is 1.76 bits per heavy atom. The van der Waals surface area contributed by atoms with Gasteiger partial charge >= 0.3 is 0 Å². The Bertz CT molecular complexity index is 799. The van der Waals surface area contributed by atoms with Crippen LogP contribution in [0.4, 0.5) is 5.69 Å². The number of hydrogen-bond donors (Lipinski definition) is 0. The van der Waals surface area contributed by atoms with Gasteiger partial charge in [0.05, 0.1) is 14.2 Å². The molecule has 1 heterocycles. The fourth-order valence-electron chi connectivity index (χ4n) is 3.97. The van der Waals surface area contributed by atoms with Crippen LogP contribution in [-0.4, -0.2) is 44.2 Å². The molecule has 5 heteroatoms. The third-order valence-corrected chi connectivity index (χ3v) is 5.57. The zero-order valence-corrected chi connectivity index (χ0v) is 17.9. The first kappa shape index (κ1) is 21.2. The number of hydrogen-bond acceptors (Lipinski definition) is 4. The van der Waals surface area contributed by atoms with Gasteiger partial charge in [0.1, 0.15) is 11.5 Å². The van der Waals surface area contributed by atoms with E-state index in [1.165, 1.54) is 0 Å². The molecule has 1 fully saturated rings. The van der Waals surface area contributed by atoms with Gasteiger partial charge in [0, 0.05) is 42.8 Å². The van der Waals surface area contributed by atoms with Gasteiger partial charge < -0.3 is 14.4 Å². The number of ether oxygens (including phenoxy) is 2. The van der Waals surface area contributed by atoms with Crippen molar-refractivity contribution >= 4 is 11.6 Å². The summed E-state index contributed by atoms with van der Waals surface area (Å²) >= 11 is 0. The molecule has 2 aromatic carbocycles. The number of carbonyl (C=O) groups is 1. The molecule has 29 heavy (non-hydrogen) atoms. The first-order valence-corrected chi connectivity index (χ1v) is 10.3. The lowest BCUT2D eigenvalue weighted by Gasteiger charge is -2.39. The Hall–Kier alpha value is -2.53. The predicted octanol–water partition coefficient (Wildman–Crippen LogP) is 4.36. The maximum Gasteiger partial charge on any atom is 0.229 e. The van der Waals surface area contributed by atoms with Crippen molar-refractivity contribution in [3.05, 3.63) is 54.1 Å². The summed E-state index contributed by atoms with van der Waals surface area (Å²) in [4.78, 5) is 17.4. The molecular formula is C24H32N2O3. The summed E-state index contributed by atoms with van der Waals surface area (Å²) in [7, 11) is 3.38. The zero-order chi connectivity index (χ0) is 20.8. The molecule has 0 aromatic heterocycles. The minimum atomic E-state index is -0.0192. The minimum absolute atomic E-state index is 0.0192. The number of rotatable bonds is 7. The van der Waals surface area contributed by atoms with Crippen LogP contribution in [0.15, 0.2) is 48.5 Å². The third-order valence-electron chi connectivity index (χ3n) is 5.57. The van der Waals surface area contributed by atoms with Crippen LogP contribution < -0.4 is 14.4 Å². The first-order valence-electron chi connectivity index (χ1n) is 10.3. The second-order valence-electron chi connectivity index (χ2n) is 7.88. The molecule has 0 N–H and O–H groups in total. The molecule has 156 valence electrons. The minimum Gasteiger partial charge on any atom is -0.497 e. The van der Waals surface area contributed by atoms with Gasteiger partial charge in [-0.25, -0.2) is 0 Å². The van der Waals surface area contributed by atoms with Crippen LogP contribution >= 0.6 is 0 Å². The highest BCUT2D eigenvalue weighted by Gasteiger charge is 2.30. The zero-order valence-electron chi connectivity index (χ0n) is 17.9. The number of anilines is 1. The molecule has 0 aliphatic carbocycles. The van der Waals surface area contributed by atoms with Crippen molar-refractivity contribution in [2.45, 2.75) is 39.3 Å². The van der Waals surface area contributed by atoms with Gasteiger partial charge in [0.15, 0.2) is 0 Å². The fraction of sp³-hybridized carbons (Fsp3) is 0.458. The number of amides is 1. The van der Waals surface area contributed by atoms with Crippen molar-refractivity contribution in [2.75, 3.05) is 32.2 Å². The van der Waals surface area contributed by atoms with Crippen molar-refractivity contribution in [1.29, 1.82) is 0 Å². The summed E-state index contributed by atoms with van der Waals surface area (Å²) in [6, 6.07) is 16.2. The van der Waals surface area contributed by atoms with Gasteiger partial charge in [-0.2, -0.15) is 0 Å². The number of likely N-dealkylation sites (tertiary alicyclic amines) is 1. The topological polar surface area (TPSA) is 42.0 Å². The number of para-hydroxylation sites is 1. The first-order chi connectivity index (χ1) is 14.0. The Morgan fingerprint density at radius 1 is 1.07 bits per heavy atom. The average Bonchev–Trinajstić information content (AvgIpc) is 2.75. The van der Waals surface area contributed by atoms with Gasteiger partial charge in [-0.15, -0.1) is 0 Å². The molecule has 1 amide bonds. The lowest BCUT2D eigenvalue weighted by molar-refractivity contribution is -0.122. The van der Waals surface area contributed by atoms with Crippen LogP contribution in [0, 0.1) is 5.92 Å². The molecule has 2 aromatic rings. The van der Waals surface area contributed by atoms with E-state index in [4.69, 9.17) is 9.47 Å². The van der Waals surface area contributed by atoms with E-state index in [0.717, 1.165) is 55.2 Å². The van der Waals surface area contributed by atoms with Crippen LogP contribution in [0.3, 0.4) is 0 Å². The molecule has 0 saturated carbocycles. The summed E-state index contributed by atoms with van der Waals surface area (Å²) in [5, 5.41) is 0. The SMILES string of the molecule is COc1ccc(OC)c(CN2CCC(N(C(=O)C(C)C)c3ccccc3)CC2)c1. The molecule has 0 radical (unpaired) electrons. The van der Waals surface area contributed by atoms with Crippen LogP contribution in [0.25, 0.3) is 0 Å². The maximum atomic E-state index is 13.0. The number of benzene rings is 2. The summed E-state index contributed by atoms with van der Waals surface area (Å²) in [5.74, 6) is 1.90. The molecule has 3 rings (SSSR count). The second-order valence-corrected chi connectivity index (χ2v) is 7.88. The monoisotopic (exact) mass is 396 g/mol. The predicted molar refractivity (Wildman–Crippen MR) is 117 cm³/mol. The summed E-state index contributed by atoms with van der Waals surface area (Å²) in [5.41, 5.74) is 2.13. The Kier molecular flexibility index (Phi) is 7.15. The number of piperidine rings is 1. The quantitative estimate of drug-likeness (QED) is 0.697. The fourth-order valence-corrected chi connectivity index (χ4v) is 3.97. The van der Waals surface area contributed by atoms with Crippen LogP contribution in [0.2, 0.25) is 0 Å². The Labute approximate surface area is 174 Å². The smallest absolute Gasteiger partial charge is 0.229 e. The van der Waals surface area contributed by atoms with Crippen molar-refractivity contribution in [3.8, 4) is 11.5 Å². The normalized spacial score (nSPS) is 15.3. The molecule has 5 nitrogen and oxygen atoms in total. The Balaban J connectivity index is 1.69. The second kappa shape index (κ2) is 9.79. The van der Waals surface area contributed by atoms with E-state index in [1.807, 2.05) is 67.3 Å². The highest BCUT2D eigenvalue weighted by Crippen LogP contribution is 2.29. The van der Waals surface area contributed by atoms with E-state index in [2.05, 4.69) is 4.90 Å². The van der Waals surface area contributed by atoms with Gasteiger partial charge in [0.2, 0.25) is 5.91 Å². The van der Waals surface area contributed by atoms with E-state index in [9.17, 15) is 4.79 Å². The Morgan fingerprint density at radius 3 is 2.34 bits per heavy atom. The van der Waals surface area contributed by atoms with E-state index < -0.39 is 0 Å². The van der Waals surface area contributed by atoms with Crippen LogP contribution in [0.1, 0.15) is 32.3 Å². The molecule has 1 saturated heterocycles. The van der Waals surface area contributed by atoms with Crippen LogP contribution in [-0.2, 0) is 11.3 Å². The molecule has 0 atom stereocenters. The van der Waals surface area contributed by atoms with Crippen molar-refractivity contribution < 1.29 is 14.3 Å². The standard InChI is InChI=1S/C24H32N2O3/c1-18(2)24(27)26(20-8-6-5-7-9-20)21-12-14-25(15-13-21)17-19-16-22(28-3)10-11-23(19)29-4/h5-11,16,18,21H,12-15,17H2,1-4H3. The molecule has 0 bridgehead atoms. The largest absolute Gasteiger partial charge is 0.497 e. The summed E-state index contributed by atoms with van der Waals surface area (Å²) < 4.78 is 10.9. The third kappa shape index (κ3) is 5.10. The summed E-state index contributed by atoms with van der Waals surface area (Å²) in [6.07, 6.45) is 1.92. The van der Waals surface area contributed by atoms with Crippen molar-refractivity contribution in [1.82, 2.24) is 4.90 Å². The average molecular weight is 397 g/mol. The number of methoxy groups -OCH3 is 2. The highest BCUT2D eigenvalue weighted by atomic mass is 16.5. The van der Waals surface area contributed by atoms with E-state index in [1.54, 1.807) is 14.2 Å². The molecule has 1 aliphatic rings. The molecule has 0 spiro atoms. The van der Waals surface area contributed by atoms with E-state index >= 15 is 0 Å². The van der Waals surface area contributed by atoms with Gasteiger partial charge in [-0.05, 0) is 43.2 Å². The van der Waals surface area contributed by atoms with Crippen molar-refractivity contribution in [2.24, 2.45) is 5.92 Å². The van der Waals surface area contributed by atoms with E-state index in [0.29, 0.717) is 0 Å². The number of nitrogens with zero attached hydrogens (tertiary/aromatic N) is 2. The lowest BCUT2D eigenvalue weighted by Crippen LogP contribution is -2.48. The van der Waals surface area contributed by atoms with E-state index in [-0.39, 0.29) is 17.9 Å². The summed E-state index contributed by atoms with van der Waals surface area (Å²) in [6.45, 7) is 6.65.